The summed E-state index contributed by atoms with van der Waals surface area (Å²) in [5, 5.41) is 14.4. The first kappa shape index (κ1) is 16.3. The van der Waals surface area contributed by atoms with Gasteiger partial charge in [-0.25, -0.2) is 9.78 Å². The van der Waals surface area contributed by atoms with Crippen molar-refractivity contribution < 1.29 is 14.7 Å². The number of fused-ring (bicyclic) bond motifs is 1. The molecule has 1 aliphatic carbocycles. The van der Waals surface area contributed by atoms with E-state index in [0.29, 0.717) is 17.2 Å². The second kappa shape index (κ2) is 6.25. The van der Waals surface area contributed by atoms with E-state index in [1.807, 2.05) is 13.2 Å². The van der Waals surface area contributed by atoms with Crippen LogP contribution >= 0.6 is 11.3 Å². The zero-order chi connectivity index (χ0) is 17.6. The Balaban J connectivity index is 1.62. The molecule has 0 radical (unpaired) electrons. The van der Waals surface area contributed by atoms with Gasteiger partial charge in [-0.3, -0.25) is 9.48 Å². The highest BCUT2D eigenvalue weighted by molar-refractivity contribution is 7.16. The fourth-order valence-corrected chi connectivity index (χ4v) is 4.97. The zero-order valence-corrected chi connectivity index (χ0v) is 14.8. The number of hydrogen-bond acceptors (Lipinski definition) is 5. The molecule has 0 bridgehead atoms. The van der Waals surface area contributed by atoms with Crippen molar-refractivity contribution in [3.8, 4) is 10.6 Å². The lowest BCUT2D eigenvalue weighted by Crippen LogP contribution is -2.46. The number of aromatic nitrogens is 3. The number of amides is 1. The van der Waals surface area contributed by atoms with Gasteiger partial charge in [0.15, 0.2) is 0 Å². The molecule has 1 amide bonds. The molecule has 25 heavy (non-hydrogen) atoms. The van der Waals surface area contributed by atoms with Crippen LogP contribution in [0.1, 0.15) is 41.8 Å². The maximum absolute atomic E-state index is 13.1. The van der Waals surface area contributed by atoms with Crippen molar-refractivity contribution in [2.24, 2.45) is 13.0 Å². The normalized spacial score (nSPS) is 25.8. The molecule has 8 heteroatoms. The second-order valence-corrected chi connectivity index (χ2v) is 7.88. The van der Waals surface area contributed by atoms with Crippen LogP contribution in [0.15, 0.2) is 18.6 Å². The molecule has 3 heterocycles. The Morgan fingerprint density at radius 2 is 2.08 bits per heavy atom. The fraction of sp³-hybridized carbons (Fsp3) is 0.529. The highest BCUT2D eigenvalue weighted by Crippen LogP contribution is 2.41. The number of hydrogen-bond donors (Lipinski definition) is 1. The molecule has 2 aromatic rings. The number of carboxylic acid groups (broad SMARTS) is 1. The molecule has 0 aromatic carbocycles. The fourth-order valence-electron chi connectivity index (χ4n) is 4.14. The molecule has 4 rings (SSSR count). The predicted octanol–water partition coefficient (Wildman–Crippen LogP) is 2.40. The van der Waals surface area contributed by atoms with Crippen molar-refractivity contribution in [1.29, 1.82) is 0 Å². The van der Waals surface area contributed by atoms with Gasteiger partial charge in [0.2, 0.25) is 0 Å². The largest absolute Gasteiger partial charge is 0.480 e. The highest BCUT2D eigenvalue weighted by atomic mass is 32.1. The molecule has 2 aromatic heterocycles. The summed E-state index contributed by atoms with van der Waals surface area (Å²) in [6.07, 6.45) is 9.78. The number of aliphatic carboxylic acids is 1. The van der Waals surface area contributed by atoms with E-state index in [2.05, 4.69) is 10.1 Å². The van der Waals surface area contributed by atoms with Crippen molar-refractivity contribution >= 4 is 23.2 Å². The summed E-state index contributed by atoms with van der Waals surface area (Å²) in [6, 6.07) is -0.671. The summed E-state index contributed by atoms with van der Waals surface area (Å²) in [5.41, 5.74) is 0.860. The minimum absolute atomic E-state index is 0.0475. The molecule has 7 nitrogen and oxygen atoms in total. The second-order valence-electron chi connectivity index (χ2n) is 6.85. The van der Waals surface area contributed by atoms with E-state index in [4.69, 9.17) is 0 Å². The van der Waals surface area contributed by atoms with Crippen LogP contribution in [0.25, 0.3) is 10.6 Å². The van der Waals surface area contributed by atoms with Crippen LogP contribution in [0.3, 0.4) is 0 Å². The predicted molar refractivity (Wildman–Crippen MR) is 92.3 cm³/mol. The summed E-state index contributed by atoms with van der Waals surface area (Å²) < 4.78 is 1.69. The van der Waals surface area contributed by atoms with Gasteiger partial charge in [-0.1, -0.05) is 12.8 Å². The molecule has 2 fully saturated rings. The van der Waals surface area contributed by atoms with E-state index in [9.17, 15) is 14.7 Å². The van der Waals surface area contributed by atoms with Crippen LogP contribution in [-0.4, -0.2) is 48.7 Å². The number of aryl methyl sites for hydroxylation is 1. The lowest BCUT2D eigenvalue weighted by molar-refractivity contribution is -0.141. The Labute approximate surface area is 149 Å². The van der Waals surface area contributed by atoms with Gasteiger partial charge in [-0.15, -0.1) is 11.3 Å². The smallest absolute Gasteiger partial charge is 0.326 e. The summed E-state index contributed by atoms with van der Waals surface area (Å²) >= 11 is 1.30. The number of nitrogens with zero attached hydrogens (tertiary/aromatic N) is 4. The SMILES string of the molecule is Cn1cc(-c2ncc(C(=O)N3[C@H](C(=O)O)C[C@@H]4CCCC[C@@H]43)s2)cn1. The summed E-state index contributed by atoms with van der Waals surface area (Å²) in [4.78, 5) is 31.2. The number of carbonyl (C=O) groups is 2. The van der Waals surface area contributed by atoms with Gasteiger partial charge in [0.25, 0.3) is 5.91 Å². The van der Waals surface area contributed by atoms with Crippen molar-refractivity contribution in [3.63, 3.8) is 0 Å². The highest BCUT2D eigenvalue weighted by Gasteiger charge is 2.48. The van der Waals surface area contributed by atoms with E-state index < -0.39 is 12.0 Å². The molecule has 2 aliphatic rings. The first-order valence-corrected chi connectivity index (χ1v) is 9.36. The van der Waals surface area contributed by atoms with E-state index in [-0.39, 0.29) is 11.9 Å². The zero-order valence-electron chi connectivity index (χ0n) is 14.0. The average Bonchev–Trinajstić information content (AvgIpc) is 3.31. The molecule has 1 N–H and O–H groups in total. The first-order valence-electron chi connectivity index (χ1n) is 8.55. The van der Waals surface area contributed by atoms with Crippen LogP contribution in [-0.2, 0) is 11.8 Å². The number of rotatable bonds is 3. The van der Waals surface area contributed by atoms with Gasteiger partial charge in [-0.05, 0) is 25.2 Å². The Kier molecular flexibility index (Phi) is 4.07. The number of likely N-dealkylation sites (tertiary alicyclic amines) is 1. The van der Waals surface area contributed by atoms with Crippen LogP contribution in [0.2, 0.25) is 0 Å². The Morgan fingerprint density at radius 3 is 2.80 bits per heavy atom. The monoisotopic (exact) mass is 360 g/mol. The van der Waals surface area contributed by atoms with Crippen molar-refractivity contribution in [3.05, 3.63) is 23.5 Å². The third-order valence-corrected chi connectivity index (χ3v) is 6.31. The number of carbonyl (C=O) groups excluding carboxylic acids is 1. The molecule has 0 unspecified atom stereocenters. The third-order valence-electron chi connectivity index (χ3n) is 5.28. The summed E-state index contributed by atoms with van der Waals surface area (Å²) in [6.45, 7) is 0. The van der Waals surface area contributed by atoms with Crippen molar-refractivity contribution in [2.75, 3.05) is 0 Å². The average molecular weight is 360 g/mol. The van der Waals surface area contributed by atoms with E-state index in [0.717, 1.165) is 36.3 Å². The van der Waals surface area contributed by atoms with Gasteiger partial charge < -0.3 is 10.0 Å². The van der Waals surface area contributed by atoms with E-state index in [1.165, 1.54) is 11.3 Å². The first-order chi connectivity index (χ1) is 12.0. The van der Waals surface area contributed by atoms with Gasteiger partial charge in [0.05, 0.1) is 12.4 Å². The molecule has 132 valence electrons. The van der Waals surface area contributed by atoms with Crippen LogP contribution in [0.4, 0.5) is 0 Å². The van der Waals surface area contributed by atoms with Gasteiger partial charge in [-0.2, -0.15) is 5.10 Å². The number of carboxylic acids is 1. The van der Waals surface area contributed by atoms with Crippen LogP contribution in [0, 0.1) is 5.92 Å². The topological polar surface area (TPSA) is 88.3 Å². The van der Waals surface area contributed by atoms with Crippen LogP contribution in [0.5, 0.6) is 0 Å². The molecule has 1 aliphatic heterocycles. The molecule has 0 spiro atoms. The Morgan fingerprint density at radius 1 is 1.28 bits per heavy atom. The van der Waals surface area contributed by atoms with Gasteiger partial charge in [0, 0.05) is 24.8 Å². The quantitative estimate of drug-likeness (QED) is 0.908. The van der Waals surface area contributed by atoms with E-state index in [1.54, 1.807) is 22.0 Å². The maximum Gasteiger partial charge on any atom is 0.326 e. The van der Waals surface area contributed by atoms with Crippen molar-refractivity contribution in [2.45, 2.75) is 44.2 Å². The van der Waals surface area contributed by atoms with Gasteiger partial charge >= 0.3 is 5.97 Å². The van der Waals surface area contributed by atoms with E-state index >= 15 is 0 Å². The van der Waals surface area contributed by atoms with Crippen molar-refractivity contribution in [1.82, 2.24) is 19.7 Å². The maximum atomic E-state index is 13.1. The molecule has 1 saturated carbocycles. The molecule has 3 atom stereocenters. The molecular formula is C17H20N4O3S. The molecular weight excluding hydrogens is 340 g/mol. The van der Waals surface area contributed by atoms with Crippen LogP contribution < -0.4 is 0 Å². The summed E-state index contributed by atoms with van der Waals surface area (Å²) in [5.74, 6) is -0.793. The Bertz CT molecular complexity index is 814. The lowest BCUT2D eigenvalue weighted by Gasteiger charge is -2.32. The van der Waals surface area contributed by atoms with Gasteiger partial charge in [0.1, 0.15) is 15.9 Å². The lowest BCUT2D eigenvalue weighted by atomic mass is 9.85. The Hall–Kier alpha value is -2.22. The number of thiazole rings is 1. The third kappa shape index (κ3) is 2.84. The minimum atomic E-state index is -0.903. The molecule has 1 saturated heterocycles. The standard InChI is InChI=1S/C17H20N4O3S/c1-20-9-11(7-19-20)15-18-8-14(25-15)16(22)21-12-5-3-2-4-10(12)6-13(21)17(23)24/h7-10,12-13H,2-6H2,1H3,(H,23,24)/t10-,12-,13-/m0/s1. The summed E-state index contributed by atoms with van der Waals surface area (Å²) in [7, 11) is 1.83. The minimum Gasteiger partial charge on any atom is -0.480 e.